The minimum absolute atomic E-state index is 0.113. The molecule has 1 aromatic carbocycles. The van der Waals surface area contributed by atoms with E-state index in [9.17, 15) is 12.8 Å². The fraction of sp³-hybridized carbons (Fsp3) is 0.538. The summed E-state index contributed by atoms with van der Waals surface area (Å²) in [7, 11) is -3.59. The summed E-state index contributed by atoms with van der Waals surface area (Å²) in [5.41, 5.74) is 0.421. The summed E-state index contributed by atoms with van der Waals surface area (Å²) < 4.78 is 40.3. The second kappa shape index (κ2) is 5.56. The van der Waals surface area contributed by atoms with E-state index in [-0.39, 0.29) is 10.9 Å². The molecule has 106 valence electrons. The molecule has 19 heavy (non-hydrogen) atoms. The predicted octanol–water partition coefficient (Wildman–Crippen LogP) is 1.41. The van der Waals surface area contributed by atoms with E-state index >= 15 is 0 Å². The maximum absolute atomic E-state index is 13.0. The Morgan fingerprint density at radius 2 is 2.11 bits per heavy atom. The van der Waals surface area contributed by atoms with Gasteiger partial charge in [0.1, 0.15) is 5.82 Å². The zero-order chi connectivity index (χ0) is 14.0. The Kier molecular flexibility index (Phi) is 4.23. The first-order valence-electron chi connectivity index (χ1n) is 6.37. The van der Waals surface area contributed by atoms with Crippen LogP contribution in [-0.4, -0.2) is 27.5 Å². The van der Waals surface area contributed by atoms with Gasteiger partial charge in [-0.1, -0.05) is 6.92 Å². The molecule has 1 saturated heterocycles. The Morgan fingerprint density at radius 1 is 1.37 bits per heavy atom. The molecule has 2 rings (SSSR count). The minimum Gasteiger partial charge on any atom is -0.315 e. The van der Waals surface area contributed by atoms with Gasteiger partial charge in [-0.15, -0.1) is 0 Å². The van der Waals surface area contributed by atoms with Gasteiger partial charge in [0.15, 0.2) is 0 Å². The van der Waals surface area contributed by atoms with Crippen LogP contribution in [0.25, 0.3) is 0 Å². The van der Waals surface area contributed by atoms with Gasteiger partial charge in [-0.3, -0.25) is 0 Å². The topological polar surface area (TPSA) is 58.2 Å². The second-order valence-corrected chi connectivity index (χ2v) is 6.91. The Balaban J connectivity index is 2.18. The molecule has 0 spiro atoms. The minimum atomic E-state index is -3.59. The molecule has 0 bridgehead atoms. The first-order valence-corrected chi connectivity index (χ1v) is 7.86. The number of benzene rings is 1. The zero-order valence-corrected chi connectivity index (χ0v) is 11.9. The highest BCUT2D eigenvalue weighted by molar-refractivity contribution is 7.89. The van der Waals surface area contributed by atoms with Crippen molar-refractivity contribution in [3.63, 3.8) is 0 Å². The average Bonchev–Trinajstić information content (AvgIpc) is 2.27. The van der Waals surface area contributed by atoms with Crippen molar-refractivity contribution in [1.29, 1.82) is 0 Å². The first-order chi connectivity index (χ1) is 8.88. The lowest BCUT2D eigenvalue weighted by atomic mass is 9.99. The Hall–Kier alpha value is -0.980. The number of halogens is 1. The van der Waals surface area contributed by atoms with E-state index in [1.807, 2.05) is 0 Å². The van der Waals surface area contributed by atoms with Crippen LogP contribution in [0.3, 0.4) is 0 Å². The molecule has 2 unspecified atom stereocenters. The van der Waals surface area contributed by atoms with Crippen molar-refractivity contribution in [3.05, 3.63) is 29.6 Å². The molecule has 1 aromatic rings. The number of rotatable bonds is 3. The fourth-order valence-electron chi connectivity index (χ4n) is 2.44. The highest BCUT2D eigenvalue weighted by Crippen LogP contribution is 2.18. The number of aryl methyl sites for hydroxylation is 1. The highest BCUT2D eigenvalue weighted by Gasteiger charge is 2.25. The van der Waals surface area contributed by atoms with Crippen LogP contribution in [0.1, 0.15) is 18.9 Å². The summed E-state index contributed by atoms with van der Waals surface area (Å²) in [6.45, 7) is 5.22. The lowest BCUT2D eigenvalue weighted by Crippen LogP contribution is -2.48. The molecular weight excluding hydrogens is 267 g/mol. The maximum Gasteiger partial charge on any atom is 0.241 e. The van der Waals surface area contributed by atoms with Crippen molar-refractivity contribution < 1.29 is 12.8 Å². The van der Waals surface area contributed by atoms with Crippen molar-refractivity contribution in [2.24, 2.45) is 5.92 Å². The van der Waals surface area contributed by atoms with Crippen LogP contribution in [0.15, 0.2) is 23.1 Å². The van der Waals surface area contributed by atoms with E-state index in [1.165, 1.54) is 18.2 Å². The third-order valence-corrected chi connectivity index (χ3v) is 5.00. The van der Waals surface area contributed by atoms with Gasteiger partial charge >= 0.3 is 0 Å². The smallest absolute Gasteiger partial charge is 0.241 e. The lowest BCUT2D eigenvalue weighted by Gasteiger charge is -2.28. The van der Waals surface area contributed by atoms with Gasteiger partial charge in [0.05, 0.1) is 4.90 Å². The molecule has 4 nitrogen and oxygen atoms in total. The van der Waals surface area contributed by atoms with Crippen LogP contribution in [-0.2, 0) is 10.0 Å². The quantitative estimate of drug-likeness (QED) is 0.883. The summed E-state index contributed by atoms with van der Waals surface area (Å²) in [5.74, 6) is 0.0140. The Morgan fingerprint density at radius 3 is 2.74 bits per heavy atom. The molecule has 0 saturated carbocycles. The number of sulfonamides is 1. The molecule has 1 heterocycles. The van der Waals surface area contributed by atoms with Crippen LogP contribution < -0.4 is 10.0 Å². The summed E-state index contributed by atoms with van der Waals surface area (Å²) in [6, 6.07) is 3.60. The maximum atomic E-state index is 13.0. The van der Waals surface area contributed by atoms with Gasteiger partial charge in [0.2, 0.25) is 10.0 Å². The van der Waals surface area contributed by atoms with Gasteiger partial charge in [0, 0.05) is 12.6 Å². The van der Waals surface area contributed by atoms with E-state index in [1.54, 1.807) is 6.92 Å². The van der Waals surface area contributed by atoms with Gasteiger partial charge in [-0.2, -0.15) is 0 Å². The van der Waals surface area contributed by atoms with Crippen LogP contribution in [0.4, 0.5) is 4.39 Å². The SMILES string of the molecule is Cc1cc(F)ccc1S(=O)(=O)NC1CNCC(C)C1. The summed E-state index contributed by atoms with van der Waals surface area (Å²) in [5, 5.41) is 3.20. The highest BCUT2D eigenvalue weighted by atomic mass is 32.2. The third-order valence-electron chi connectivity index (χ3n) is 3.32. The molecule has 0 amide bonds. The molecule has 1 aliphatic heterocycles. The second-order valence-electron chi connectivity index (χ2n) is 5.23. The van der Waals surface area contributed by atoms with Gasteiger partial charge in [-0.25, -0.2) is 17.5 Å². The van der Waals surface area contributed by atoms with Crippen LogP contribution in [0, 0.1) is 18.7 Å². The van der Waals surface area contributed by atoms with Crippen molar-refractivity contribution in [2.45, 2.75) is 31.2 Å². The molecule has 2 N–H and O–H groups in total. The van der Waals surface area contributed by atoms with Gasteiger partial charge in [0.25, 0.3) is 0 Å². The predicted molar refractivity (Wildman–Crippen MR) is 71.9 cm³/mol. The first kappa shape index (κ1) is 14.4. The zero-order valence-electron chi connectivity index (χ0n) is 11.1. The van der Waals surface area contributed by atoms with Crippen LogP contribution >= 0.6 is 0 Å². The molecule has 2 atom stereocenters. The Bertz CT molecular complexity index is 560. The average molecular weight is 286 g/mol. The molecule has 0 aromatic heterocycles. The number of hydrogen-bond donors (Lipinski definition) is 2. The summed E-state index contributed by atoms with van der Waals surface area (Å²) in [6.07, 6.45) is 0.812. The van der Waals surface area contributed by atoms with Gasteiger partial charge < -0.3 is 5.32 Å². The third kappa shape index (κ3) is 3.52. The van der Waals surface area contributed by atoms with E-state index in [4.69, 9.17) is 0 Å². The fourth-order valence-corrected chi connectivity index (χ4v) is 3.92. The molecule has 6 heteroatoms. The monoisotopic (exact) mass is 286 g/mol. The van der Waals surface area contributed by atoms with Gasteiger partial charge in [-0.05, 0) is 49.6 Å². The number of hydrogen-bond acceptors (Lipinski definition) is 3. The van der Waals surface area contributed by atoms with E-state index in [0.717, 1.165) is 13.0 Å². The van der Waals surface area contributed by atoms with Crippen molar-refractivity contribution in [1.82, 2.24) is 10.0 Å². The summed E-state index contributed by atoms with van der Waals surface area (Å²) in [4.78, 5) is 0.145. The van der Waals surface area contributed by atoms with E-state index < -0.39 is 15.8 Å². The van der Waals surface area contributed by atoms with Crippen molar-refractivity contribution in [3.8, 4) is 0 Å². The van der Waals surface area contributed by atoms with Crippen molar-refractivity contribution in [2.75, 3.05) is 13.1 Å². The molecule has 1 fully saturated rings. The van der Waals surface area contributed by atoms with E-state index in [0.29, 0.717) is 18.0 Å². The Labute approximate surface area is 113 Å². The molecular formula is C13H19FN2O2S. The van der Waals surface area contributed by atoms with Crippen LogP contribution in [0.2, 0.25) is 0 Å². The molecule has 0 aliphatic carbocycles. The molecule has 0 radical (unpaired) electrons. The molecule has 1 aliphatic rings. The summed E-state index contributed by atoms with van der Waals surface area (Å²) >= 11 is 0. The van der Waals surface area contributed by atoms with E-state index in [2.05, 4.69) is 17.0 Å². The van der Waals surface area contributed by atoms with Crippen LogP contribution in [0.5, 0.6) is 0 Å². The number of nitrogens with one attached hydrogen (secondary N) is 2. The largest absolute Gasteiger partial charge is 0.315 e. The standard InChI is InChI=1S/C13H19FN2O2S/c1-9-5-12(8-15-7-9)16-19(17,18)13-4-3-11(14)6-10(13)2/h3-4,6,9,12,15-16H,5,7-8H2,1-2H3. The normalized spacial score (nSPS) is 24.4. The number of piperidine rings is 1. The van der Waals surface area contributed by atoms with Crippen molar-refractivity contribution >= 4 is 10.0 Å². The lowest BCUT2D eigenvalue weighted by molar-refractivity contribution is 0.346.